The number of hydrogen-bond acceptors (Lipinski definition) is 4. The zero-order valence-corrected chi connectivity index (χ0v) is 12.8. The molecular weight excluding hydrogens is 268 g/mol. The van der Waals surface area contributed by atoms with Crippen LogP contribution in [0.2, 0.25) is 0 Å². The van der Waals surface area contributed by atoms with Crippen LogP contribution in [0, 0.1) is 0 Å². The number of nitrogens with two attached hydrogens (primary N) is 1. The van der Waals surface area contributed by atoms with Crippen molar-refractivity contribution in [3.8, 4) is 5.75 Å². The SMILES string of the molecule is COc1cccc(N(CCCN)C(=O)C2(C)CCCO2)c1. The molecule has 0 saturated carbocycles. The number of benzene rings is 1. The Morgan fingerprint density at radius 1 is 1.52 bits per heavy atom. The molecule has 0 spiro atoms. The summed E-state index contributed by atoms with van der Waals surface area (Å²) in [7, 11) is 1.62. The van der Waals surface area contributed by atoms with Crippen LogP contribution in [0.25, 0.3) is 0 Å². The molecule has 2 N–H and O–H groups in total. The van der Waals surface area contributed by atoms with Crippen LogP contribution in [-0.4, -0.2) is 38.3 Å². The van der Waals surface area contributed by atoms with Gasteiger partial charge in [-0.2, -0.15) is 0 Å². The summed E-state index contributed by atoms with van der Waals surface area (Å²) in [5, 5.41) is 0. The molecule has 1 aliphatic heterocycles. The van der Waals surface area contributed by atoms with Gasteiger partial charge in [-0.15, -0.1) is 0 Å². The van der Waals surface area contributed by atoms with Crippen LogP contribution in [0.15, 0.2) is 24.3 Å². The van der Waals surface area contributed by atoms with E-state index in [1.807, 2.05) is 31.2 Å². The summed E-state index contributed by atoms with van der Waals surface area (Å²) in [6.07, 6.45) is 2.43. The van der Waals surface area contributed by atoms with Gasteiger partial charge in [-0.3, -0.25) is 4.79 Å². The molecule has 1 heterocycles. The highest BCUT2D eigenvalue weighted by atomic mass is 16.5. The summed E-state index contributed by atoms with van der Waals surface area (Å²) in [5.41, 5.74) is 5.70. The van der Waals surface area contributed by atoms with Gasteiger partial charge in [-0.1, -0.05) is 6.07 Å². The Balaban J connectivity index is 2.26. The van der Waals surface area contributed by atoms with Gasteiger partial charge in [-0.05, 0) is 44.9 Å². The quantitative estimate of drug-likeness (QED) is 0.870. The zero-order valence-electron chi connectivity index (χ0n) is 12.8. The minimum atomic E-state index is -0.725. The summed E-state index contributed by atoms with van der Waals surface area (Å²) in [4.78, 5) is 14.7. The number of carbonyl (C=O) groups is 1. The molecule has 1 fully saturated rings. The van der Waals surface area contributed by atoms with Gasteiger partial charge < -0.3 is 20.1 Å². The number of anilines is 1. The van der Waals surface area contributed by atoms with Crippen molar-refractivity contribution in [1.29, 1.82) is 0 Å². The van der Waals surface area contributed by atoms with E-state index in [1.165, 1.54) is 0 Å². The molecule has 0 bridgehead atoms. The fourth-order valence-electron chi connectivity index (χ4n) is 2.61. The third-order valence-electron chi connectivity index (χ3n) is 3.87. The predicted octanol–water partition coefficient (Wildman–Crippen LogP) is 1.95. The molecule has 5 nitrogen and oxygen atoms in total. The van der Waals surface area contributed by atoms with Gasteiger partial charge in [0.25, 0.3) is 5.91 Å². The normalized spacial score (nSPS) is 21.3. The van der Waals surface area contributed by atoms with Gasteiger partial charge in [0, 0.05) is 24.9 Å². The molecule has 1 unspecified atom stereocenters. The van der Waals surface area contributed by atoms with E-state index in [9.17, 15) is 4.79 Å². The summed E-state index contributed by atoms with van der Waals surface area (Å²) in [6.45, 7) is 3.65. The molecule has 2 rings (SSSR count). The third kappa shape index (κ3) is 3.54. The Hall–Kier alpha value is -1.59. The molecule has 1 atom stereocenters. The number of amides is 1. The average molecular weight is 292 g/mol. The Kier molecular flexibility index (Phi) is 5.20. The van der Waals surface area contributed by atoms with Crippen LogP contribution >= 0.6 is 0 Å². The highest BCUT2D eigenvalue weighted by molar-refractivity contribution is 5.99. The van der Waals surface area contributed by atoms with Crippen LogP contribution in [0.5, 0.6) is 5.75 Å². The highest BCUT2D eigenvalue weighted by Gasteiger charge is 2.41. The molecule has 1 aromatic rings. The number of rotatable bonds is 6. The Bertz CT molecular complexity index is 484. The van der Waals surface area contributed by atoms with Gasteiger partial charge in [0.15, 0.2) is 0 Å². The standard InChI is InChI=1S/C16H24N2O3/c1-16(8-4-11-21-16)15(19)18(10-5-9-17)13-6-3-7-14(12-13)20-2/h3,6-7,12H,4-5,8-11,17H2,1-2H3. The van der Waals surface area contributed by atoms with Gasteiger partial charge in [-0.25, -0.2) is 0 Å². The Morgan fingerprint density at radius 3 is 2.95 bits per heavy atom. The second kappa shape index (κ2) is 6.91. The van der Waals surface area contributed by atoms with E-state index in [4.69, 9.17) is 15.2 Å². The number of carbonyl (C=O) groups excluding carboxylic acids is 1. The number of hydrogen-bond donors (Lipinski definition) is 1. The van der Waals surface area contributed by atoms with E-state index >= 15 is 0 Å². The first kappa shape index (κ1) is 15.8. The van der Waals surface area contributed by atoms with E-state index < -0.39 is 5.60 Å². The second-order valence-corrected chi connectivity index (χ2v) is 5.48. The largest absolute Gasteiger partial charge is 0.497 e. The van der Waals surface area contributed by atoms with Crippen LogP contribution in [-0.2, 0) is 9.53 Å². The van der Waals surface area contributed by atoms with Gasteiger partial charge in [0.1, 0.15) is 11.4 Å². The zero-order chi connectivity index (χ0) is 15.3. The van der Waals surface area contributed by atoms with Crippen molar-refractivity contribution >= 4 is 11.6 Å². The van der Waals surface area contributed by atoms with Crippen molar-refractivity contribution in [2.45, 2.75) is 31.8 Å². The molecular formula is C16H24N2O3. The maximum absolute atomic E-state index is 12.9. The molecule has 5 heteroatoms. The van der Waals surface area contributed by atoms with Gasteiger partial charge >= 0.3 is 0 Å². The summed E-state index contributed by atoms with van der Waals surface area (Å²) in [5.74, 6) is 0.734. The predicted molar refractivity (Wildman–Crippen MR) is 82.6 cm³/mol. The monoisotopic (exact) mass is 292 g/mol. The van der Waals surface area contributed by atoms with Crippen LogP contribution in [0.3, 0.4) is 0 Å². The molecule has 1 aliphatic rings. The fraction of sp³-hybridized carbons (Fsp3) is 0.562. The molecule has 1 aromatic carbocycles. The maximum Gasteiger partial charge on any atom is 0.258 e. The van der Waals surface area contributed by atoms with Gasteiger partial charge in [0.05, 0.1) is 7.11 Å². The minimum Gasteiger partial charge on any atom is -0.497 e. The second-order valence-electron chi connectivity index (χ2n) is 5.48. The Morgan fingerprint density at radius 2 is 2.33 bits per heavy atom. The number of ether oxygens (including phenoxy) is 2. The van der Waals surface area contributed by atoms with Crippen molar-refractivity contribution in [1.82, 2.24) is 0 Å². The maximum atomic E-state index is 12.9. The summed E-state index contributed by atoms with van der Waals surface area (Å²) in [6, 6.07) is 7.53. The van der Waals surface area contributed by atoms with Crippen molar-refractivity contribution < 1.29 is 14.3 Å². The fourth-order valence-corrected chi connectivity index (χ4v) is 2.61. The number of methoxy groups -OCH3 is 1. The first-order valence-corrected chi connectivity index (χ1v) is 7.41. The average Bonchev–Trinajstić information content (AvgIpc) is 2.96. The molecule has 116 valence electrons. The van der Waals surface area contributed by atoms with E-state index in [0.29, 0.717) is 19.7 Å². The van der Waals surface area contributed by atoms with E-state index in [-0.39, 0.29) is 5.91 Å². The molecule has 0 radical (unpaired) electrons. The smallest absolute Gasteiger partial charge is 0.258 e. The highest BCUT2D eigenvalue weighted by Crippen LogP contribution is 2.30. The minimum absolute atomic E-state index is 0.00158. The summed E-state index contributed by atoms with van der Waals surface area (Å²) >= 11 is 0. The van der Waals surface area contributed by atoms with Crippen molar-refractivity contribution in [3.05, 3.63) is 24.3 Å². The van der Waals surface area contributed by atoms with Crippen molar-refractivity contribution in [3.63, 3.8) is 0 Å². The van der Waals surface area contributed by atoms with Crippen LogP contribution < -0.4 is 15.4 Å². The first-order valence-electron chi connectivity index (χ1n) is 7.41. The first-order chi connectivity index (χ1) is 10.1. The molecule has 1 saturated heterocycles. The molecule has 1 amide bonds. The lowest BCUT2D eigenvalue weighted by atomic mass is 10.0. The lowest BCUT2D eigenvalue weighted by Crippen LogP contribution is -2.47. The van der Waals surface area contributed by atoms with E-state index in [0.717, 1.165) is 30.7 Å². The number of nitrogens with zero attached hydrogens (tertiary/aromatic N) is 1. The van der Waals surface area contributed by atoms with Crippen LogP contribution in [0.1, 0.15) is 26.2 Å². The lowest BCUT2D eigenvalue weighted by Gasteiger charge is -2.31. The molecule has 0 aliphatic carbocycles. The molecule has 21 heavy (non-hydrogen) atoms. The third-order valence-corrected chi connectivity index (χ3v) is 3.87. The lowest BCUT2D eigenvalue weighted by molar-refractivity contribution is -0.136. The topological polar surface area (TPSA) is 64.8 Å². The van der Waals surface area contributed by atoms with E-state index in [1.54, 1.807) is 12.0 Å². The van der Waals surface area contributed by atoms with Gasteiger partial charge in [0.2, 0.25) is 0 Å². The van der Waals surface area contributed by atoms with Crippen LogP contribution in [0.4, 0.5) is 5.69 Å². The van der Waals surface area contributed by atoms with Crippen molar-refractivity contribution in [2.75, 3.05) is 31.7 Å². The molecule has 0 aromatic heterocycles. The summed E-state index contributed by atoms with van der Waals surface area (Å²) < 4.78 is 10.9. The Labute approximate surface area is 126 Å². The van der Waals surface area contributed by atoms with Crippen molar-refractivity contribution in [2.24, 2.45) is 5.73 Å². The van der Waals surface area contributed by atoms with E-state index in [2.05, 4.69) is 0 Å².